The molecule has 1 saturated heterocycles. The number of hydrogen-bond acceptors (Lipinski definition) is 6. The van der Waals surface area contributed by atoms with Crippen LogP contribution in [0.4, 0.5) is 5.82 Å². The number of aromatic nitrogens is 3. The maximum Gasteiger partial charge on any atom is 0.270 e. The minimum atomic E-state index is -0.377. The van der Waals surface area contributed by atoms with Crippen molar-refractivity contribution in [3.8, 4) is 0 Å². The van der Waals surface area contributed by atoms with Crippen LogP contribution in [0.3, 0.4) is 0 Å². The van der Waals surface area contributed by atoms with Gasteiger partial charge in [0.15, 0.2) is 0 Å². The number of para-hydroxylation sites is 1. The monoisotopic (exact) mass is 471 g/mol. The number of pyridine rings is 2. The molecule has 0 N–H and O–H groups in total. The molecule has 0 radical (unpaired) electrons. The van der Waals surface area contributed by atoms with Crippen LogP contribution in [0.5, 0.6) is 0 Å². The Morgan fingerprint density at radius 3 is 2.83 bits per heavy atom. The van der Waals surface area contributed by atoms with Crippen molar-refractivity contribution in [3.63, 3.8) is 0 Å². The van der Waals surface area contributed by atoms with Crippen molar-refractivity contribution in [1.29, 1.82) is 0 Å². The fraction of sp³-hybridized carbons (Fsp3) is 0.333. The number of anilines is 1. The maximum atomic E-state index is 13.8. The molecule has 0 spiro atoms. The van der Waals surface area contributed by atoms with Gasteiger partial charge in [-0.1, -0.05) is 24.3 Å². The summed E-state index contributed by atoms with van der Waals surface area (Å²) in [6.45, 7) is 3.43. The standard InChI is InChI=1S/C27H29N5O3/c1-18-8-6-9-19-14-20(25(30(2)3)29-24(18)19)16-31(17-21-10-7-13-35-21)26(33)22-15-28-23-11-4-5-12-32(23)27(22)34/h4-6,8-9,11-12,14-15,21H,7,10,13,16-17H2,1-3H3. The molecule has 35 heavy (non-hydrogen) atoms. The number of amides is 1. The number of hydrogen-bond donors (Lipinski definition) is 0. The van der Waals surface area contributed by atoms with Gasteiger partial charge in [-0.15, -0.1) is 0 Å². The summed E-state index contributed by atoms with van der Waals surface area (Å²) in [6, 6.07) is 13.5. The van der Waals surface area contributed by atoms with E-state index in [2.05, 4.69) is 11.1 Å². The molecule has 3 aromatic heterocycles. The molecule has 8 nitrogen and oxygen atoms in total. The highest BCUT2D eigenvalue weighted by molar-refractivity contribution is 5.94. The number of carbonyl (C=O) groups is 1. The lowest BCUT2D eigenvalue weighted by molar-refractivity contribution is 0.0505. The van der Waals surface area contributed by atoms with Gasteiger partial charge in [0.2, 0.25) is 0 Å². The van der Waals surface area contributed by atoms with E-state index in [9.17, 15) is 9.59 Å². The van der Waals surface area contributed by atoms with Crippen molar-refractivity contribution in [2.75, 3.05) is 32.1 Å². The van der Waals surface area contributed by atoms with Crippen LogP contribution in [0.25, 0.3) is 16.6 Å². The lowest BCUT2D eigenvalue weighted by atomic mass is 10.1. The molecule has 5 rings (SSSR count). The van der Waals surface area contributed by atoms with Gasteiger partial charge in [-0.25, -0.2) is 9.97 Å². The Bertz CT molecular complexity index is 1460. The molecule has 8 heteroatoms. The second-order valence-corrected chi connectivity index (χ2v) is 9.24. The molecule has 4 heterocycles. The van der Waals surface area contributed by atoms with Crippen LogP contribution < -0.4 is 10.5 Å². The molecule has 0 saturated carbocycles. The van der Waals surface area contributed by atoms with Gasteiger partial charge in [0, 0.05) is 57.1 Å². The predicted molar refractivity (Wildman–Crippen MR) is 136 cm³/mol. The summed E-state index contributed by atoms with van der Waals surface area (Å²) in [5.41, 5.74) is 3.12. The van der Waals surface area contributed by atoms with Crippen LogP contribution in [0.1, 0.15) is 34.3 Å². The van der Waals surface area contributed by atoms with Crippen molar-refractivity contribution >= 4 is 28.3 Å². The molecule has 1 aromatic carbocycles. The number of rotatable bonds is 6. The van der Waals surface area contributed by atoms with Crippen LogP contribution in [0.2, 0.25) is 0 Å². The molecule has 1 aliphatic rings. The average Bonchev–Trinajstić information content (AvgIpc) is 3.36. The molecule has 4 aromatic rings. The van der Waals surface area contributed by atoms with E-state index in [1.54, 1.807) is 23.2 Å². The molecule has 0 aliphatic carbocycles. The zero-order chi connectivity index (χ0) is 24.5. The summed E-state index contributed by atoms with van der Waals surface area (Å²) < 4.78 is 7.26. The molecule has 180 valence electrons. The van der Waals surface area contributed by atoms with E-state index in [-0.39, 0.29) is 23.1 Å². The first kappa shape index (κ1) is 23.0. The molecule has 0 bridgehead atoms. The van der Waals surface area contributed by atoms with Gasteiger partial charge in [-0.05, 0) is 43.5 Å². The first-order chi connectivity index (χ1) is 16.9. The third-order valence-electron chi connectivity index (χ3n) is 6.47. The highest BCUT2D eigenvalue weighted by Gasteiger charge is 2.27. The number of benzene rings is 1. The molecular formula is C27H29N5O3. The first-order valence-corrected chi connectivity index (χ1v) is 11.9. The Hall–Kier alpha value is -3.78. The lowest BCUT2D eigenvalue weighted by Gasteiger charge is -2.27. The van der Waals surface area contributed by atoms with Crippen LogP contribution in [0, 0.1) is 6.92 Å². The van der Waals surface area contributed by atoms with Crippen molar-refractivity contribution < 1.29 is 9.53 Å². The first-order valence-electron chi connectivity index (χ1n) is 11.9. The van der Waals surface area contributed by atoms with Crippen LogP contribution in [-0.2, 0) is 11.3 Å². The van der Waals surface area contributed by atoms with E-state index in [1.165, 1.54) is 10.6 Å². The van der Waals surface area contributed by atoms with Gasteiger partial charge in [-0.3, -0.25) is 14.0 Å². The van der Waals surface area contributed by atoms with Crippen LogP contribution in [0.15, 0.2) is 59.7 Å². The molecule has 1 fully saturated rings. The van der Waals surface area contributed by atoms with Crippen LogP contribution >= 0.6 is 0 Å². The van der Waals surface area contributed by atoms with E-state index >= 15 is 0 Å². The van der Waals surface area contributed by atoms with E-state index in [4.69, 9.17) is 9.72 Å². The largest absolute Gasteiger partial charge is 0.376 e. The highest BCUT2D eigenvalue weighted by Crippen LogP contribution is 2.27. The molecule has 1 amide bonds. The van der Waals surface area contributed by atoms with Gasteiger partial charge in [0.05, 0.1) is 11.6 Å². The second kappa shape index (κ2) is 9.46. The minimum absolute atomic E-state index is 0.0442. The van der Waals surface area contributed by atoms with Gasteiger partial charge >= 0.3 is 0 Å². The quantitative estimate of drug-likeness (QED) is 0.429. The Morgan fingerprint density at radius 2 is 2.06 bits per heavy atom. The van der Waals surface area contributed by atoms with Crippen molar-refractivity contribution in [2.45, 2.75) is 32.4 Å². The Balaban J connectivity index is 1.57. The summed E-state index contributed by atoms with van der Waals surface area (Å²) in [6.07, 6.45) is 4.80. The molecular weight excluding hydrogens is 442 g/mol. The van der Waals surface area contributed by atoms with E-state index in [0.29, 0.717) is 25.3 Å². The van der Waals surface area contributed by atoms with Gasteiger partial charge in [0.1, 0.15) is 17.0 Å². The van der Waals surface area contributed by atoms with Gasteiger partial charge in [0.25, 0.3) is 11.5 Å². The smallest absolute Gasteiger partial charge is 0.270 e. The Kier molecular flexibility index (Phi) is 6.21. The number of fused-ring (bicyclic) bond motifs is 2. The second-order valence-electron chi connectivity index (χ2n) is 9.24. The normalized spacial score (nSPS) is 15.6. The Labute approximate surface area is 203 Å². The van der Waals surface area contributed by atoms with E-state index in [1.807, 2.05) is 50.2 Å². The van der Waals surface area contributed by atoms with E-state index < -0.39 is 0 Å². The number of ether oxygens (including phenoxy) is 1. The Morgan fingerprint density at radius 1 is 1.20 bits per heavy atom. The third kappa shape index (κ3) is 4.49. The minimum Gasteiger partial charge on any atom is -0.376 e. The zero-order valence-electron chi connectivity index (χ0n) is 20.3. The summed E-state index contributed by atoms with van der Waals surface area (Å²) >= 11 is 0. The fourth-order valence-corrected chi connectivity index (χ4v) is 4.69. The SMILES string of the molecule is Cc1cccc2cc(CN(CC3CCCO3)C(=O)c3cnc4ccccn4c3=O)c(N(C)C)nc12. The summed E-state index contributed by atoms with van der Waals surface area (Å²) in [7, 11) is 3.89. The molecule has 1 aliphatic heterocycles. The molecule has 1 unspecified atom stereocenters. The lowest BCUT2D eigenvalue weighted by Crippen LogP contribution is -2.40. The summed E-state index contributed by atoms with van der Waals surface area (Å²) in [5.74, 6) is 0.440. The van der Waals surface area contributed by atoms with Crippen molar-refractivity contribution in [2.24, 2.45) is 0 Å². The summed E-state index contributed by atoms with van der Waals surface area (Å²) in [5, 5.41) is 1.02. The third-order valence-corrected chi connectivity index (χ3v) is 6.47. The number of carbonyl (C=O) groups excluding carboxylic acids is 1. The predicted octanol–water partition coefficient (Wildman–Crippen LogP) is 3.44. The highest BCUT2D eigenvalue weighted by atomic mass is 16.5. The van der Waals surface area contributed by atoms with Crippen LogP contribution in [-0.4, -0.2) is 58.5 Å². The number of nitrogens with zero attached hydrogens (tertiary/aromatic N) is 5. The van der Waals surface area contributed by atoms with E-state index in [0.717, 1.165) is 40.7 Å². The number of aryl methyl sites for hydroxylation is 1. The summed E-state index contributed by atoms with van der Waals surface area (Å²) in [4.78, 5) is 39.9. The fourth-order valence-electron chi connectivity index (χ4n) is 4.69. The topological polar surface area (TPSA) is 80.0 Å². The van der Waals surface area contributed by atoms with Crippen molar-refractivity contribution in [1.82, 2.24) is 19.3 Å². The molecule has 1 atom stereocenters. The van der Waals surface area contributed by atoms with Crippen molar-refractivity contribution in [3.05, 3.63) is 81.9 Å². The average molecular weight is 472 g/mol. The maximum absolute atomic E-state index is 13.8. The zero-order valence-corrected chi connectivity index (χ0v) is 20.3. The van der Waals surface area contributed by atoms with Gasteiger partial charge < -0.3 is 14.5 Å². The van der Waals surface area contributed by atoms with Gasteiger partial charge in [-0.2, -0.15) is 0 Å².